The van der Waals surface area contributed by atoms with E-state index < -0.39 is 5.97 Å². The third-order valence-electron chi connectivity index (χ3n) is 1.99. The highest BCUT2D eigenvalue weighted by Gasteiger charge is 2.09. The van der Waals surface area contributed by atoms with E-state index >= 15 is 0 Å². The molecule has 0 aromatic carbocycles. The number of halogens is 1. The minimum Gasteiger partial charge on any atom is -0.478 e. The number of aromatic carboxylic acids is 1. The molecule has 2 aromatic heterocycles. The van der Waals surface area contributed by atoms with E-state index in [2.05, 4.69) is 4.98 Å². The maximum absolute atomic E-state index is 10.7. The fraction of sp³-hybridized carbons (Fsp3) is 0.0909. The van der Waals surface area contributed by atoms with Crippen molar-refractivity contribution < 1.29 is 19.1 Å². The summed E-state index contributed by atoms with van der Waals surface area (Å²) in [7, 11) is 0. The standard InChI is InChI=1S/C11H8ClNO4/c12-9-4-7(11(14)15)5-13-10(9)17-6-8-2-1-3-16-8/h1-5H,6H2,(H,14,15). The number of hydrogen-bond donors (Lipinski definition) is 1. The predicted molar refractivity (Wildman–Crippen MR) is 59.2 cm³/mol. The minimum absolute atomic E-state index is 0.0142. The van der Waals surface area contributed by atoms with Gasteiger partial charge in [-0.15, -0.1) is 0 Å². The van der Waals surface area contributed by atoms with E-state index in [-0.39, 0.29) is 23.1 Å². The Balaban J connectivity index is 2.09. The molecule has 2 aromatic rings. The Morgan fingerprint density at radius 1 is 1.59 bits per heavy atom. The number of hydrogen-bond acceptors (Lipinski definition) is 4. The zero-order valence-electron chi connectivity index (χ0n) is 8.59. The van der Waals surface area contributed by atoms with Gasteiger partial charge >= 0.3 is 5.97 Å². The molecule has 2 rings (SSSR count). The van der Waals surface area contributed by atoms with E-state index in [0.29, 0.717) is 5.76 Å². The summed E-state index contributed by atoms with van der Waals surface area (Å²) in [5.74, 6) is -0.282. The Morgan fingerprint density at radius 3 is 3.00 bits per heavy atom. The molecule has 0 aliphatic rings. The molecular weight excluding hydrogens is 246 g/mol. The highest BCUT2D eigenvalue weighted by Crippen LogP contribution is 2.23. The maximum atomic E-state index is 10.7. The molecule has 0 amide bonds. The van der Waals surface area contributed by atoms with Crippen molar-refractivity contribution in [1.82, 2.24) is 4.98 Å². The predicted octanol–water partition coefficient (Wildman–Crippen LogP) is 2.61. The van der Waals surface area contributed by atoms with Gasteiger partial charge in [0.15, 0.2) is 0 Å². The highest BCUT2D eigenvalue weighted by atomic mass is 35.5. The molecule has 5 nitrogen and oxygen atoms in total. The largest absolute Gasteiger partial charge is 0.478 e. The summed E-state index contributed by atoms with van der Waals surface area (Å²) < 4.78 is 10.4. The molecule has 0 spiro atoms. The summed E-state index contributed by atoms with van der Waals surface area (Å²) in [6.45, 7) is 0.187. The number of carboxylic acid groups (broad SMARTS) is 1. The van der Waals surface area contributed by atoms with Crippen LogP contribution in [0.4, 0.5) is 0 Å². The summed E-state index contributed by atoms with van der Waals surface area (Å²) in [6.07, 6.45) is 2.72. The van der Waals surface area contributed by atoms with E-state index in [1.54, 1.807) is 12.1 Å². The Kier molecular flexibility index (Phi) is 3.30. The van der Waals surface area contributed by atoms with Gasteiger partial charge in [-0.25, -0.2) is 9.78 Å². The summed E-state index contributed by atoms with van der Waals surface area (Å²) in [4.78, 5) is 14.5. The average Bonchev–Trinajstić information content (AvgIpc) is 2.80. The SMILES string of the molecule is O=C(O)c1cnc(OCc2ccco2)c(Cl)c1. The first-order chi connectivity index (χ1) is 8.16. The smallest absolute Gasteiger partial charge is 0.337 e. The van der Waals surface area contributed by atoms with Crippen LogP contribution in [0.15, 0.2) is 35.1 Å². The summed E-state index contributed by atoms with van der Waals surface area (Å²) in [5, 5.41) is 8.88. The Labute approximate surface area is 102 Å². The number of carbonyl (C=O) groups is 1. The Bertz CT molecular complexity index is 524. The molecule has 88 valence electrons. The summed E-state index contributed by atoms with van der Waals surface area (Å²) in [5.41, 5.74) is 0.0142. The number of ether oxygens (including phenoxy) is 1. The molecule has 0 atom stereocenters. The Hall–Kier alpha value is -2.01. The number of pyridine rings is 1. The van der Waals surface area contributed by atoms with Crippen LogP contribution < -0.4 is 4.74 Å². The average molecular weight is 254 g/mol. The third kappa shape index (κ3) is 2.76. The number of nitrogens with zero attached hydrogens (tertiary/aromatic N) is 1. The molecule has 0 bridgehead atoms. The first-order valence-corrected chi connectivity index (χ1v) is 5.08. The Morgan fingerprint density at radius 2 is 2.41 bits per heavy atom. The van der Waals surface area contributed by atoms with Gasteiger partial charge in [0.2, 0.25) is 5.88 Å². The van der Waals surface area contributed by atoms with Gasteiger partial charge in [-0.1, -0.05) is 11.6 Å². The molecule has 0 saturated heterocycles. The lowest BCUT2D eigenvalue weighted by molar-refractivity contribution is 0.0696. The fourth-order valence-corrected chi connectivity index (χ4v) is 1.40. The van der Waals surface area contributed by atoms with Gasteiger partial charge in [0.1, 0.15) is 17.4 Å². The normalized spacial score (nSPS) is 10.2. The van der Waals surface area contributed by atoms with Crippen LogP contribution in [-0.4, -0.2) is 16.1 Å². The number of aromatic nitrogens is 1. The zero-order valence-corrected chi connectivity index (χ0v) is 9.35. The second-order valence-corrected chi connectivity index (χ2v) is 3.59. The molecule has 0 fully saturated rings. The van der Waals surface area contributed by atoms with Crippen molar-refractivity contribution in [3.63, 3.8) is 0 Å². The van der Waals surface area contributed by atoms with Crippen molar-refractivity contribution in [3.05, 3.63) is 47.0 Å². The van der Waals surface area contributed by atoms with Crippen LogP contribution >= 0.6 is 11.6 Å². The van der Waals surface area contributed by atoms with Crippen molar-refractivity contribution >= 4 is 17.6 Å². The molecule has 2 heterocycles. The van der Waals surface area contributed by atoms with Gasteiger partial charge in [-0.2, -0.15) is 0 Å². The molecule has 0 aliphatic heterocycles. The second kappa shape index (κ2) is 4.88. The molecule has 1 N–H and O–H groups in total. The minimum atomic E-state index is -1.09. The fourth-order valence-electron chi connectivity index (χ4n) is 1.18. The van der Waals surface area contributed by atoms with Crippen LogP contribution in [0.3, 0.4) is 0 Å². The number of rotatable bonds is 4. The van der Waals surface area contributed by atoms with Crippen LogP contribution in [-0.2, 0) is 6.61 Å². The van der Waals surface area contributed by atoms with E-state index in [1.807, 2.05) is 0 Å². The van der Waals surface area contributed by atoms with Crippen LogP contribution in [0.2, 0.25) is 5.02 Å². The van der Waals surface area contributed by atoms with Gasteiger partial charge in [0.05, 0.1) is 11.8 Å². The summed E-state index contributed by atoms with van der Waals surface area (Å²) in [6, 6.07) is 4.77. The van der Waals surface area contributed by atoms with Crippen molar-refractivity contribution in [2.45, 2.75) is 6.61 Å². The van der Waals surface area contributed by atoms with Crippen molar-refractivity contribution in [2.75, 3.05) is 0 Å². The molecule has 6 heteroatoms. The lowest BCUT2D eigenvalue weighted by Crippen LogP contribution is -2.01. The van der Waals surface area contributed by atoms with Crippen LogP contribution in [0.25, 0.3) is 0 Å². The first kappa shape index (κ1) is 11.5. The highest BCUT2D eigenvalue weighted by molar-refractivity contribution is 6.32. The van der Waals surface area contributed by atoms with Gasteiger partial charge in [-0.05, 0) is 18.2 Å². The first-order valence-electron chi connectivity index (χ1n) is 4.71. The quantitative estimate of drug-likeness (QED) is 0.907. The van der Waals surface area contributed by atoms with E-state index in [1.165, 1.54) is 18.5 Å². The molecule has 0 saturated carbocycles. The van der Waals surface area contributed by atoms with E-state index in [4.69, 9.17) is 25.9 Å². The molecule has 0 aliphatic carbocycles. The van der Waals surface area contributed by atoms with Crippen molar-refractivity contribution in [2.24, 2.45) is 0 Å². The monoisotopic (exact) mass is 253 g/mol. The maximum Gasteiger partial charge on any atom is 0.337 e. The van der Waals surface area contributed by atoms with Crippen LogP contribution in [0, 0.1) is 0 Å². The van der Waals surface area contributed by atoms with Gasteiger partial charge < -0.3 is 14.3 Å². The second-order valence-electron chi connectivity index (χ2n) is 3.18. The van der Waals surface area contributed by atoms with Gasteiger partial charge in [-0.3, -0.25) is 0 Å². The summed E-state index contributed by atoms with van der Waals surface area (Å²) >= 11 is 5.83. The number of carboxylic acids is 1. The topological polar surface area (TPSA) is 72.6 Å². The number of furan rings is 1. The van der Waals surface area contributed by atoms with Crippen molar-refractivity contribution in [1.29, 1.82) is 0 Å². The molecule has 0 unspecified atom stereocenters. The zero-order chi connectivity index (χ0) is 12.3. The van der Waals surface area contributed by atoms with Crippen LogP contribution in [0.1, 0.15) is 16.1 Å². The molecule has 0 radical (unpaired) electrons. The van der Waals surface area contributed by atoms with Gasteiger partial charge in [0.25, 0.3) is 0 Å². The molecule has 17 heavy (non-hydrogen) atoms. The third-order valence-corrected chi connectivity index (χ3v) is 2.26. The van der Waals surface area contributed by atoms with Gasteiger partial charge in [0, 0.05) is 6.20 Å². The van der Waals surface area contributed by atoms with Crippen LogP contribution in [0.5, 0.6) is 5.88 Å². The molecular formula is C11H8ClNO4. The van der Waals surface area contributed by atoms with E-state index in [0.717, 1.165) is 0 Å². The lowest BCUT2D eigenvalue weighted by atomic mass is 10.3. The van der Waals surface area contributed by atoms with E-state index in [9.17, 15) is 4.79 Å². The van der Waals surface area contributed by atoms with Crippen molar-refractivity contribution in [3.8, 4) is 5.88 Å². The lowest BCUT2D eigenvalue weighted by Gasteiger charge is -2.05.